The topological polar surface area (TPSA) is 109 Å². The molecule has 4 rings (SSSR count). The van der Waals surface area contributed by atoms with E-state index in [1.807, 2.05) is 25.1 Å². The summed E-state index contributed by atoms with van der Waals surface area (Å²) in [6.07, 6.45) is 1.69. The molecule has 2 aromatic heterocycles. The fourth-order valence-electron chi connectivity index (χ4n) is 2.99. The number of halogens is 1. The molecule has 168 valence electrons. The maximum Gasteiger partial charge on any atom is 0.261 e. The molecule has 0 aliphatic rings. The SMILES string of the molecule is Cc1nc(Nc2ccc(NS(=O)(=O)c3ccc(C)c(Cl)c3)cc2)cc(Nc2ccccn2)n1. The average Bonchev–Trinajstić information content (AvgIpc) is 2.77. The van der Waals surface area contributed by atoms with Gasteiger partial charge in [0, 0.05) is 28.7 Å². The Hall–Kier alpha value is -3.69. The molecule has 0 radical (unpaired) electrons. The number of rotatable bonds is 7. The summed E-state index contributed by atoms with van der Waals surface area (Å²) in [5, 5.41) is 6.74. The zero-order valence-electron chi connectivity index (χ0n) is 17.9. The van der Waals surface area contributed by atoms with Gasteiger partial charge in [0.15, 0.2) is 0 Å². The van der Waals surface area contributed by atoms with E-state index in [0.29, 0.717) is 34.0 Å². The largest absolute Gasteiger partial charge is 0.340 e. The molecule has 0 fully saturated rings. The highest BCUT2D eigenvalue weighted by Crippen LogP contribution is 2.24. The standard InChI is InChI=1S/C23H21ClN6O2S/c1-15-6-11-19(13-20(15)24)33(31,32)30-18-9-7-17(8-10-18)28-22-14-23(27-16(2)26-22)29-21-5-3-4-12-25-21/h3-14,30H,1-2H3,(H2,25,26,27,28,29). The number of aromatic nitrogens is 3. The minimum atomic E-state index is -3.75. The van der Waals surface area contributed by atoms with Crippen molar-refractivity contribution in [1.29, 1.82) is 0 Å². The van der Waals surface area contributed by atoms with Crippen LogP contribution in [0.2, 0.25) is 5.02 Å². The molecule has 2 heterocycles. The van der Waals surface area contributed by atoms with Crippen molar-refractivity contribution in [1.82, 2.24) is 15.0 Å². The Kier molecular flexibility index (Phi) is 6.43. The number of anilines is 5. The number of nitrogens with one attached hydrogen (secondary N) is 3. The van der Waals surface area contributed by atoms with Gasteiger partial charge in [0.05, 0.1) is 4.90 Å². The van der Waals surface area contributed by atoms with Gasteiger partial charge in [-0.05, 0) is 67.9 Å². The monoisotopic (exact) mass is 480 g/mol. The number of benzene rings is 2. The van der Waals surface area contributed by atoms with Gasteiger partial charge in [-0.3, -0.25) is 4.72 Å². The molecule has 3 N–H and O–H groups in total. The molecule has 10 heteroatoms. The van der Waals surface area contributed by atoms with E-state index in [4.69, 9.17) is 11.6 Å². The Morgan fingerprint density at radius 2 is 1.48 bits per heavy atom. The fourth-order valence-corrected chi connectivity index (χ4v) is 4.32. The van der Waals surface area contributed by atoms with Crippen molar-refractivity contribution in [2.45, 2.75) is 18.7 Å². The van der Waals surface area contributed by atoms with Gasteiger partial charge in [0.1, 0.15) is 23.3 Å². The zero-order chi connectivity index (χ0) is 23.4. The number of hydrogen-bond acceptors (Lipinski definition) is 7. The number of nitrogens with zero attached hydrogens (tertiary/aromatic N) is 3. The molecule has 2 aromatic carbocycles. The van der Waals surface area contributed by atoms with Crippen molar-refractivity contribution in [2.24, 2.45) is 0 Å². The Labute approximate surface area is 197 Å². The predicted octanol–water partition coefficient (Wildman–Crippen LogP) is 5.43. The number of aryl methyl sites for hydroxylation is 2. The predicted molar refractivity (Wildman–Crippen MR) is 131 cm³/mol. The molecule has 0 aliphatic carbocycles. The minimum Gasteiger partial charge on any atom is -0.340 e. The highest BCUT2D eigenvalue weighted by molar-refractivity contribution is 7.92. The molecule has 0 bridgehead atoms. The van der Waals surface area contributed by atoms with Gasteiger partial charge in [-0.15, -0.1) is 0 Å². The maximum absolute atomic E-state index is 12.7. The molecule has 0 amide bonds. The van der Waals surface area contributed by atoms with Crippen molar-refractivity contribution < 1.29 is 8.42 Å². The third-order valence-corrected chi connectivity index (χ3v) is 6.41. The summed E-state index contributed by atoms with van der Waals surface area (Å²) in [6.45, 7) is 3.61. The van der Waals surface area contributed by atoms with Gasteiger partial charge in [-0.25, -0.2) is 23.4 Å². The molecule has 0 atom stereocenters. The number of sulfonamides is 1. The van der Waals surface area contributed by atoms with Gasteiger partial charge >= 0.3 is 0 Å². The summed E-state index contributed by atoms with van der Waals surface area (Å²) in [6, 6.07) is 18.8. The van der Waals surface area contributed by atoms with E-state index >= 15 is 0 Å². The van der Waals surface area contributed by atoms with Crippen LogP contribution in [0.25, 0.3) is 0 Å². The van der Waals surface area contributed by atoms with E-state index in [2.05, 4.69) is 30.3 Å². The smallest absolute Gasteiger partial charge is 0.261 e. The van der Waals surface area contributed by atoms with Gasteiger partial charge in [-0.1, -0.05) is 23.7 Å². The molecule has 8 nitrogen and oxygen atoms in total. The zero-order valence-corrected chi connectivity index (χ0v) is 19.4. The minimum absolute atomic E-state index is 0.102. The van der Waals surface area contributed by atoms with Crippen LogP contribution in [-0.2, 0) is 10.0 Å². The summed E-state index contributed by atoms with van der Waals surface area (Å²) in [5.74, 6) is 2.45. The lowest BCUT2D eigenvalue weighted by molar-refractivity contribution is 0.601. The van der Waals surface area contributed by atoms with E-state index in [1.165, 1.54) is 12.1 Å². The van der Waals surface area contributed by atoms with Gasteiger partial charge in [0.25, 0.3) is 10.0 Å². The highest BCUT2D eigenvalue weighted by atomic mass is 35.5. The van der Waals surface area contributed by atoms with Crippen LogP contribution in [0.3, 0.4) is 0 Å². The second kappa shape index (κ2) is 9.43. The lowest BCUT2D eigenvalue weighted by Gasteiger charge is -2.12. The van der Waals surface area contributed by atoms with Crippen LogP contribution in [0.4, 0.5) is 28.8 Å². The van der Waals surface area contributed by atoms with E-state index in [1.54, 1.807) is 49.5 Å². The van der Waals surface area contributed by atoms with Crippen molar-refractivity contribution >= 4 is 50.5 Å². The van der Waals surface area contributed by atoms with Gasteiger partial charge in [-0.2, -0.15) is 0 Å². The summed E-state index contributed by atoms with van der Waals surface area (Å²) in [4.78, 5) is 13.1. The van der Waals surface area contributed by atoms with Crippen LogP contribution in [0.1, 0.15) is 11.4 Å². The van der Waals surface area contributed by atoms with Crippen molar-refractivity contribution in [2.75, 3.05) is 15.4 Å². The highest BCUT2D eigenvalue weighted by Gasteiger charge is 2.15. The van der Waals surface area contributed by atoms with E-state index in [9.17, 15) is 8.42 Å². The van der Waals surface area contributed by atoms with Crippen LogP contribution in [0, 0.1) is 13.8 Å². The van der Waals surface area contributed by atoms with E-state index in [0.717, 1.165) is 11.3 Å². The molecule has 0 unspecified atom stereocenters. The van der Waals surface area contributed by atoms with Crippen molar-refractivity contribution in [3.8, 4) is 0 Å². The van der Waals surface area contributed by atoms with Gasteiger partial charge in [0.2, 0.25) is 0 Å². The first kappa shape index (κ1) is 22.5. The van der Waals surface area contributed by atoms with Crippen LogP contribution in [0.15, 0.2) is 77.8 Å². The fraction of sp³-hybridized carbons (Fsp3) is 0.0870. The van der Waals surface area contributed by atoms with Crippen molar-refractivity contribution in [3.05, 3.63) is 89.3 Å². The first-order valence-electron chi connectivity index (χ1n) is 9.98. The molecule has 0 saturated heterocycles. The lowest BCUT2D eigenvalue weighted by atomic mass is 10.2. The molecule has 0 aliphatic heterocycles. The Balaban J connectivity index is 1.47. The summed E-state index contributed by atoms with van der Waals surface area (Å²) in [7, 11) is -3.75. The number of hydrogen-bond donors (Lipinski definition) is 3. The molecular formula is C23H21ClN6O2S. The third kappa shape index (κ3) is 5.76. The molecule has 33 heavy (non-hydrogen) atoms. The molecule has 0 saturated carbocycles. The Morgan fingerprint density at radius 1 is 0.788 bits per heavy atom. The first-order valence-corrected chi connectivity index (χ1v) is 11.8. The van der Waals surface area contributed by atoms with Crippen molar-refractivity contribution in [3.63, 3.8) is 0 Å². The average molecular weight is 481 g/mol. The Morgan fingerprint density at radius 3 is 2.15 bits per heavy atom. The summed E-state index contributed by atoms with van der Waals surface area (Å²) >= 11 is 6.07. The molecular weight excluding hydrogens is 460 g/mol. The summed E-state index contributed by atoms with van der Waals surface area (Å²) in [5.41, 5.74) is 1.97. The second-order valence-corrected chi connectivity index (χ2v) is 9.33. The first-order chi connectivity index (χ1) is 15.8. The van der Waals surface area contributed by atoms with E-state index < -0.39 is 10.0 Å². The van der Waals surface area contributed by atoms with Crippen LogP contribution in [-0.4, -0.2) is 23.4 Å². The Bertz CT molecular complexity index is 1380. The van der Waals surface area contributed by atoms with Crippen LogP contribution >= 0.6 is 11.6 Å². The quantitative estimate of drug-likeness (QED) is 0.323. The third-order valence-electron chi connectivity index (χ3n) is 4.62. The molecule has 0 spiro atoms. The van der Waals surface area contributed by atoms with E-state index in [-0.39, 0.29) is 4.90 Å². The number of pyridine rings is 1. The maximum atomic E-state index is 12.7. The summed E-state index contributed by atoms with van der Waals surface area (Å²) < 4.78 is 27.9. The van der Waals surface area contributed by atoms with Crippen LogP contribution < -0.4 is 15.4 Å². The van der Waals surface area contributed by atoms with Gasteiger partial charge < -0.3 is 10.6 Å². The normalized spacial score (nSPS) is 11.1. The molecule has 4 aromatic rings. The second-order valence-electron chi connectivity index (χ2n) is 7.24. The van der Waals surface area contributed by atoms with Crippen LogP contribution in [0.5, 0.6) is 0 Å². The lowest BCUT2D eigenvalue weighted by Crippen LogP contribution is -2.13.